The van der Waals surface area contributed by atoms with Gasteiger partial charge in [-0.1, -0.05) is 6.07 Å². The Labute approximate surface area is 159 Å². The van der Waals surface area contributed by atoms with E-state index in [9.17, 15) is 4.79 Å². The van der Waals surface area contributed by atoms with Crippen LogP contribution >= 0.6 is 0 Å². The van der Waals surface area contributed by atoms with E-state index in [0.717, 1.165) is 34.6 Å². The van der Waals surface area contributed by atoms with Crippen LogP contribution in [-0.2, 0) is 17.8 Å². The molecule has 0 aromatic carbocycles. The molecule has 0 unspecified atom stereocenters. The molecule has 0 spiro atoms. The van der Waals surface area contributed by atoms with E-state index < -0.39 is 0 Å². The number of nitrogens with zero attached hydrogens (tertiary/aromatic N) is 5. The second-order valence-corrected chi connectivity index (χ2v) is 6.73. The average Bonchev–Trinajstić information content (AvgIpc) is 3.21. The van der Waals surface area contributed by atoms with Crippen LogP contribution in [-0.4, -0.2) is 50.5 Å². The molecule has 0 aliphatic rings. The predicted octanol–water partition coefficient (Wildman–Crippen LogP) is 2.76. The maximum absolute atomic E-state index is 13.4. The van der Waals surface area contributed by atoms with Gasteiger partial charge in [-0.15, -0.1) is 0 Å². The van der Waals surface area contributed by atoms with Crippen LogP contribution in [0.3, 0.4) is 0 Å². The Hall–Kier alpha value is -2.67. The van der Waals surface area contributed by atoms with Crippen LogP contribution in [0.4, 0.5) is 0 Å². The van der Waals surface area contributed by atoms with Crippen molar-refractivity contribution in [2.75, 3.05) is 20.3 Å². The first-order valence-corrected chi connectivity index (χ1v) is 9.22. The molecule has 7 nitrogen and oxygen atoms in total. The number of amides is 1. The minimum atomic E-state index is -0.0422. The van der Waals surface area contributed by atoms with Crippen molar-refractivity contribution < 1.29 is 9.53 Å². The standard InChI is InChI=1S/C20H27N5O2/c1-6-24-16(4)18(15(3)22-24)13-23(10-11-27-5)20(26)17-12-21-25-9-7-8-14(2)19(17)25/h7-9,12H,6,10-11,13H2,1-5H3. The minimum absolute atomic E-state index is 0.0422. The third kappa shape index (κ3) is 3.60. The van der Waals surface area contributed by atoms with Crippen LogP contribution in [0.2, 0.25) is 0 Å². The normalized spacial score (nSPS) is 11.3. The third-order valence-electron chi connectivity index (χ3n) is 5.01. The second kappa shape index (κ2) is 7.92. The molecule has 0 radical (unpaired) electrons. The first-order valence-electron chi connectivity index (χ1n) is 9.22. The SMILES string of the molecule is CCn1nc(C)c(CN(CCOC)C(=O)c2cnn3cccc(C)c23)c1C. The van der Waals surface area contributed by atoms with Gasteiger partial charge in [0.2, 0.25) is 0 Å². The molecule has 0 aliphatic carbocycles. The zero-order chi connectivity index (χ0) is 19.6. The molecule has 7 heteroatoms. The quantitative estimate of drug-likeness (QED) is 0.642. The topological polar surface area (TPSA) is 64.7 Å². The van der Waals surface area contributed by atoms with Gasteiger partial charge in [0.1, 0.15) is 0 Å². The van der Waals surface area contributed by atoms with Crippen molar-refractivity contribution in [3.8, 4) is 0 Å². The molecule has 0 aliphatic heterocycles. The average molecular weight is 369 g/mol. The van der Waals surface area contributed by atoms with Crippen molar-refractivity contribution in [2.24, 2.45) is 0 Å². The fourth-order valence-corrected chi connectivity index (χ4v) is 3.46. The first-order chi connectivity index (χ1) is 13.0. The van der Waals surface area contributed by atoms with Crippen molar-refractivity contribution >= 4 is 11.4 Å². The summed E-state index contributed by atoms with van der Waals surface area (Å²) in [7, 11) is 1.65. The summed E-state index contributed by atoms with van der Waals surface area (Å²) in [6.45, 7) is 10.4. The highest BCUT2D eigenvalue weighted by molar-refractivity contribution is 6.01. The summed E-state index contributed by atoms with van der Waals surface area (Å²) in [6, 6.07) is 3.92. The Morgan fingerprint density at radius 1 is 1.30 bits per heavy atom. The molecule has 3 aromatic rings. The van der Waals surface area contributed by atoms with E-state index in [4.69, 9.17) is 4.74 Å². The molecule has 144 valence electrons. The second-order valence-electron chi connectivity index (χ2n) is 6.73. The van der Waals surface area contributed by atoms with Crippen molar-refractivity contribution in [2.45, 2.75) is 40.8 Å². The predicted molar refractivity (Wildman–Crippen MR) is 104 cm³/mol. The Kier molecular flexibility index (Phi) is 5.60. The summed E-state index contributed by atoms with van der Waals surface area (Å²) < 4.78 is 8.97. The van der Waals surface area contributed by atoms with Crippen LogP contribution < -0.4 is 0 Å². The van der Waals surface area contributed by atoms with Gasteiger partial charge in [0, 0.05) is 44.2 Å². The van der Waals surface area contributed by atoms with Crippen LogP contribution in [0.15, 0.2) is 24.5 Å². The smallest absolute Gasteiger partial charge is 0.258 e. The number of hydrogen-bond acceptors (Lipinski definition) is 4. The highest BCUT2D eigenvalue weighted by Gasteiger charge is 2.23. The van der Waals surface area contributed by atoms with Gasteiger partial charge in [-0.25, -0.2) is 4.52 Å². The molecule has 3 aromatic heterocycles. The van der Waals surface area contributed by atoms with Gasteiger partial charge in [-0.05, 0) is 39.3 Å². The maximum Gasteiger partial charge on any atom is 0.258 e. The van der Waals surface area contributed by atoms with Crippen molar-refractivity contribution in [1.29, 1.82) is 0 Å². The summed E-state index contributed by atoms with van der Waals surface area (Å²) in [5.74, 6) is -0.0422. The van der Waals surface area contributed by atoms with E-state index in [2.05, 4.69) is 24.0 Å². The molecular weight excluding hydrogens is 342 g/mol. The van der Waals surface area contributed by atoms with Crippen molar-refractivity contribution in [3.63, 3.8) is 0 Å². The van der Waals surface area contributed by atoms with Crippen LogP contribution in [0.5, 0.6) is 0 Å². The lowest BCUT2D eigenvalue weighted by Crippen LogP contribution is -2.33. The van der Waals surface area contributed by atoms with Crippen LogP contribution in [0.25, 0.3) is 5.52 Å². The molecule has 0 bridgehead atoms. The monoisotopic (exact) mass is 369 g/mol. The maximum atomic E-state index is 13.4. The highest BCUT2D eigenvalue weighted by Crippen LogP contribution is 2.21. The minimum Gasteiger partial charge on any atom is -0.383 e. The van der Waals surface area contributed by atoms with Gasteiger partial charge >= 0.3 is 0 Å². The van der Waals surface area contributed by atoms with E-state index in [1.807, 2.05) is 41.8 Å². The van der Waals surface area contributed by atoms with E-state index in [-0.39, 0.29) is 5.91 Å². The Balaban J connectivity index is 1.97. The lowest BCUT2D eigenvalue weighted by Gasteiger charge is -2.22. The highest BCUT2D eigenvalue weighted by atomic mass is 16.5. The molecule has 0 saturated carbocycles. The molecule has 0 fully saturated rings. The number of ether oxygens (including phenoxy) is 1. The number of aromatic nitrogens is 4. The summed E-state index contributed by atoms with van der Waals surface area (Å²) >= 11 is 0. The van der Waals surface area contributed by atoms with Crippen LogP contribution in [0.1, 0.15) is 39.8 Å². The lowest BCUT2D eigenvalue weighted by molar-refractivity contribution is 0.0681. The largest absolute Gasteiger partial charge is 0.383 e. The number of aryl methyl sites for hydroxylation is 3. The summed E-state index contributed by atoms with van der Waals surface area (Å²) in [5, 5.41) is 8.92. The Morgan fingerprint density at radius 2 is 2.07 bits per heavy atom. The molecular formula is C20H27N5O2. The summed E-state index contributed by atoms with van der Waals surface area (Å²) in [5.41, 5.74) is 5.64. The number of carbonyl (C=O) groups excluding carboxylic acids is 1. The number of methoxy groups -OCH3 is 1. The number of hydrogen-bond donors (Lipinski definition) is 0. The number of pyridine rings is 1. The van der Waals surface area contributed by atoms with E-state index >= 15 is 0 Å². The van der Waals surface area contributed by atoms with Gasteiger partial charge in [-0.2, -0.15) is 10.2 Å². The Bertz CT molecular complexity index is 957. The van der Waals surface area contributed by atoms with E-state index in [1.165, 1.54) is 0 Å². The molecule has 27 heavy (non-hydrogen) atoms. The van der Waals surface area contributed by atoms with Crippen molar-refractivity contribution in [3.05, 3.63) is 52.6 Å². The van der Waals surface area contributed by atoms with Gasteiger partial charge in [0.15, 0.2) is 0 Å². The van der Waals surface area contributed by atoms with Gasteiger partial charge in [0.25, 0.3) is 5.91 Å². The lowest BCUT2D eigenvalue weighted by atomic mass is 10.1. The third-order valence-corrected chi connectivity index (χ3v) is 5.01. The summed E-state index contributed by atoms with van der Waals surface area (Å²) in [6.07, 6.45) is 3.51. The molecule has 3 heterocycles. The van der Waals surface area contributed by atoms with Crippen LogP contribution in [0, 0.1) is 20.8 Å². The Morgan fingerprint density at radius 3 is 2.74 bits per heavy atom. The molecule has 0 atom stereocenters. The summed E-state index contributed by atoms with van der Waals surface area (Å²) in [4.78, 5) is 15.2. The van der Waals surface area contributed by atoms with E-state index in [1.54, 1.807) is 17.8 Å². The van der Waals surface area contributed by atoms with E-state index in [0.29, 0.717) is 25.3 Å². The zero-order valence-electron chi connectivity index (χ0n) is 16.7. The first kappa shape index (κ1) is 19.1. The van der Waals surface area contributed by atoms with Gasteiger partial charge in [-0.3, -0.25) is 9.48 Å². The molecule has 1 amide bonds. The van der Waals surface area contributed by atoms with Gasteiger partial charge < -0.3 is 9.64 Å². The fourth-order valence-electron chi connectivity index (χ4n) is 3.46. The number of carbonyl (C=O) groups is 1. The molecule has 3 rings (SSSR count). The van der Waals surface area contributed by atoms with Crippen molar-refractivity contribution in [1.82, 2.24) is 24.3 Å². The molecule has 0 saturated heterocycles. The molecule has 0 N–H and O–H groups in total. The number of rotatable bonds is 7. The fraction of sp³-hybridized carbons (Fsp3) is 0.450. The zero-order valence-corrected chi connectivity index (χ0v) is 16.7. The number of fused-ring (bicyclic) bond motifs is 1. The van der Waals surface area contributed by atoms with Gasteiger partial charge in [0.05, 0.1) is 29.6 Å².